The zero-order chi connectivity index (χ0) is 12.8. The van der Waals surface area contributed by atoms with Crippen molar-refractivity contribution in [1.82, 2.24) is 9.88 Å². The van der Waals surface area contributed by atoms with E-state index >= 15 is 0 Å². The second-order valence-electron chi connectivity index (χ2n) is 5.19. The van der Waals surface area contributed by atoms with Crippen LogP contribution >= 0.6 is 0 Å². The zero-order valence-electron chi connectivity index (χ0n) is 11.4. The van der Waals surface area contributed by atoms with Crippen LogP contribution in [0.15, 0.2) is 18.5 Å². The van der Waals surface area contributed by atoms with Crippen LogP contribution in [0.4, 0.5) is 11.4 Å². The normalized spacial score (nSPS) is 20.0. The lowest BCUT2D eigenvalue weighted by Gasteiger charge is -2.13. The number of nitrogens with one attached hydrogen (secondary N) is 2. The summed E-state index contributed by atoms with van der Waals surface area (Å²) < 4.78 is 0. The van der Waals surface area contributed by atoms with Crippen molar-refractivity contribution in [3.8, 4) is 0 Å². The summed E-state index contributed by atoms with van der Waals surface area (Å²) in [4.78, 5) is 6.65. The SMILES string of the molecule is CCCNc1cncc(NCC2CCN(C)C2)c1. The van der Waals surface area contributed by atoms with E-state index in [1.54, 1.807) is 0 Å². The van der Waals surface area contributed by atoms with Crippen LogP contribution in [-0.2, 0) is 0 Å². The van der Waals surface area contributed by atoms with Gasteiger partial charge in [0.15, 0.2) is 0 Å². The van der Waals surface area contributed by atoms with Gasteiger partial charge in [0, 0.05) is 19.6 Å². The summed E-state index contributed by atoms with van der Waals surface area (Å²) in [5, 5.41) is 6.85. The lowest BCUT2D eigenvalue weighted by atomic mass is 10.1. The Morgan fingerprint density at radius 3 is 2.78 bits per heavy atom. The molecule has 0 amide bonds. The van der Waals surface area contributed by atoms with E-state index in [2.05, 4.69) is 40.6 Å². The van der Waals surface area contributed by atoms with Gasteiger partial charge in [-0.15, -0.1) is 0 Å². The van der Waals surface area contributed by atoms with Crippen LogP contribution in [-0.4, -0.2) is 43.1 Å². The minimum absolute atomic E-state index is 0.766. The van der Waals surface area contributed by atoms with Gasteiger partial charge in [0.25, 0.3) is 0 Å². The fraction of sp³-hybridized carbons (Fsp3) is 0.643. The summed E-state index contributed by atoms with van der Waals surface area (Å²) in [5.74, 6) is 0.766. The molecule has 1 aliphatic heterocycles. The molecular formula is C14H24N4. The van der Waals surface area contributed by atoms with Crippen molar-refractivity contribution in [2.75, 3.05) is 43.9 Å². The van der Waals surface area contributed by atoms with Gasteiger partial charge in [-0.1, -0.05) is 6.92 Å². The highest BCUT2D eigenvalue weighted by atomic mass is 15.1. The summed E-state index contributed by atoms with van der Waals surface area (Å²) in [6.07, 6.45) is 6.21. The van der Waals surface area contributed by atoms with E-state index in [1.807, 2.05) is 12.4 Å². The highest BCUT2D eigenvalue weighted by molar-refractivity contribution is 5.53. The Balaban J connectivity index is 1.81. The van der Waals surface area contributed by atoms with Gasteiger partial charge in [-0.25, -0.2) is 0 Å². The standard InChI is InChI=1S/C14H24N4/c1-3-5-16-13-7-14(10-15-9-13)17-8-12-4-6-18(2)11-12/h7,9-10,12,16-17H,3-6,8,11H2,1-2H3. The van der Waals surface area contributed by atoms with Crippen molar-refractivity contribution < 1.29 is 0 Å². The molecule has 0 aliphatic carbocycles. The minimum atomic E-state index is 0.766. The molecule has 0 spiro atoms. The third-order valence-electron chi connectivity index (χ3n) is 3.40. The topological polar surface area (TPSA) is 40.2 Å². The van der Waals surface area contributed by atoms with Crippen LogP contribution < -0.4 is 10.6 Å². The van der Waals surface area contributed by atoms with Crippen LogP contribution in [0.1, 0.15) is 19.8 Å². The van der Waals surface area contributed by atoms with E-state index in [-0.39, 0.29) is 0 Å². The Morgan fingerprint density at radius 1 is 1.33 bits per heavy atom. The van der Waals surface area contributed by atoms with E-state index in [9.17, 15) is 0 Å². The van der Waals surface area contributed by atoms with Crippen molar-refractivity contribution in [2.45, 2.75) is 19.8 Å². The van der Waals surface area contributed by atoms with Crippen molar-refractivity contribution >= 4 is 11.4 Å². The van der Waals surface area contributed by atoms with Gasteiger partial charge in [0.1, 0.15) is 0 Å². The zero-order valence-corrected chi connectivity index (χ0v) is 11.4. The predicted octanol–water partition coefficient (Wildman–Crippen LogP) is 2.27. The molecule has 2 rings (SSSR count). The molecule has 1 atom stereocenters. The third kappa shape index (κ3) is 3.88. The van der Waals surface area contributed by atoms with Crippen LogP contribution in [0.2, 0.25) is 0 Å². The van der Waals surface area contributed by atoms with E-state index in [4.69, 9.17) is 0 Å². The quantitative estimate of drug-likeness (QED) is 0.810. The number of hydrogen-bond acceptors (Lipinski definition) is 4. The van der Waals surface area contributed by atoms with Crippen molar-refractivity contribution in [2.24, 2.45) is 5.92 Å². The van der Waals surface area contributed by atoms with Crippen molar-refractivity contribution in [3.63, 3.8) is 0 Å². The predicted molar refractivity (Wildman–Crippen MR) is 77.1 cm³/mol. The molecule has 1 saturated heterocycles. The molecule has 1 unspecified atom stereocenters. The Labute approximate surface area is 110 Å². The molecule has 100 valence electrons. The Kier molecular flexibility index (Phi) is 4.81. The second-order valence-corrected chi connectivity index (χ2v) is 5.19. The van der Waals surface area contributed by atoms with Crippen molar-refractivity contribution in [1.29, 1.82) is 0 Å². The van der Waals surface area contributed by atoms with Crippen LogP contribution in [0.5, 0.6) is 0 Å². The van der Waals surface area contributed by atoms with Gasteiger partial charge in [0.2, 0.25) is 0 Å². The largest absolute Gasteiger partial charge is 0.384 e. The number of anilines is 2. The molecule has 0 bridgehead atoms. The highest BCUT2D eigenvalue weighted by Gasteiger charge is 2.18. The maximum Gasteiger partial charge on any atom is 0.0547 e. The number of rotatable bonds is 6. The Morgan fingerprint density at radius 2 is 2.11 bits per heavy atom. The summed E-state index contributed by atoms with van der Waals surface area (Å²) >= 11 is 0. The number of likely N-dealkylation sites (tertiary alicyclic amines) is 1. The monoisotopic (exact) mass is 248 g/mol. The molecular weight excluding hydrogens is 224 g/mol. The molecule has 2 N–H and O–H groups in total. The Bertz CT molecular complexity index is 367. The average molecular weight is 248 g/mol. The van der Waals surface area contributed by atoms with Gasteiger partial charge in [-0.05, 0) is 38.4 Å². The number of nitrogens with zero attached hydrogens (tertiary/aromatic N) is 2. The fourth-order valence-corrected chi connectivity index (χ4v) is 2.36. The lowest BCUT2D eigenvalue weighted by Crippen LogP contribution is -2.19. The molecule has 1 aromatic rings. The first-order valence-corrected chi connectivity index (χ1v) is 6.89. The number of hydrogen-bond donors (Lipinski definition) is 2. The van der Waals surface area contributed by atoms with E-state index < -0.39 is 0 Å². The summed E-state index contributed by atoms with van der Waals surface area (Å²) in [5.41, 5.74) is 2.22. The fourth-order valence-electron chi connectivity index (χ4n) is 2.36. The first kappa shape index (κ1) is 13.1. The molecule has 2 heterocycles. The molecule has 0 aromatic carbocycles. The van der Waals surface area contributed by atoms with Gasteiger partial charge in [-0.3, -0.25) is 4.98 Å². The maximum absolute atomic E-state index is 4.26. The van der Waals surface area contributed by atoms with Crippen LogP contribution in [0.3, 0.4) is 0 Å². The summed E-state index contributed by atoms with van der Waals surface area (Å²) in [7, 11) is 2.19. The summed E-state index contributed by atoms with van der Waals surface area (Å²) in [6, 6.07) is 2.14. The molecule has 4 nitrogen and oxygen atoms in total. The van der Waals surface area contributed by atoms with Gasteiger partial charge < -0.3 is 15.5 Å². The second kappa shape index (κ2) is 6.59. The third-order valence-corrected chi connectivity index (χ3v) is 3.40. The van der Waals surface area contributed by atoms with E-state index in [0.717, 1.165) is 36.8 Å². The molecule has 1 fully saturated rings. The molecule has 0 radical (unpaired) electrons. The average Bonchev–Trinajstić information content (AvgIpc) is 2.80. The molecule has 0 saturated carbocycles. The van der Waals surface area contributed by atoms with E-state index in [1.165, 1.54) is 19.5 Å². The number of pyridine rings is 1. The lowest BCUT2D eigenvalue weighted by molar-refractivity contribution is 0.399. The van der Waals surface area contributed by atoms with Gasteiger partial charge >= 0.3 is 0 Å². The first-order chi connectivity index (χ1) is 8.78. The van der Waals surface area contributed by atoms with Crippen LogP contribution in [0, 0.1) is 5.92 Å². The Hall–Kier alpha value is -1.29. The smallest absolute Gasteiger partial charge is 0.0547 e. The minimum Gasteiger partial charge on any atom is -0.384 e. The van der Waals surface area contributed by atoms with Gasteiger partial charge in [-0.2, -0.15) is 0 Å². The highest BCUT2D eigenvalue weighted by Crippen LogP contribution is 2.17. The number of aromatic nitrogens is 1. The molecule has 1 aliphatic rings. The van der Waals surface area contributed by atoms with E-state index in [0.29, 0.717) is 0 Å². The van der Waals surface area contributed by atoms with Crippen molar-refractivity contribution in [3.05, 3.63) is 18.5 Å². The maximum atomic E-state index is 4.26. The first-order valence-electron chi connectivity index (χ1n) is 6.89. The van der Waals surface area contributed by atoms with Crippen LogP contribution in [0.25, 0.3) is 0 Å². The molecule has 1 aromatic heterocycles. The molecule has 4 heteroatoms. The summed E-state index contributed by atoms with van der Waals surface area (Å²) in [6.45, 7) is 6.64. The van der Waals surface area contributed by atoms with Gasteiger partial charge in [0.05, 0.1) is 23.8 Å². The molecule has 18 heavy (non-hydrogen) atoms.